The van der Waals surface area contributed by atoms with Crippen molar-refractivity contribution in [2.75, 3.05) is 20.3 Å². The Bertz CT molecular complexity index is 547. The normalized spacial score (nSPS) is 16.9. The number of nitrogens with one attached hydrogen (secondary N) is 1. The van der Waals surface area contributed by atoms with Crippen molar-refractivity contribution < 1.29 is 24.2 Å². The number of ether oxygens (including phenoxy) is 2. The largest absolute Gasteiger partial charge is 0.491 e. The van der Waals surface area contributed by atoms with Crippen LogP contribution in [0.25, 0.3) is 0 Å². The van der Waals surface area contributed by atoms with Crippen LogP contribution < -0.4 is 10.1 Å². The fourth-order valence-corrected chi connectivity index (χ4v) is 2.96. The Balaban J connectivity index is 2.03. The summed E-state index contributed by atoms with van der Waals surface area (Å²) >= 11 is 0. The van der Waals surface area contributed by atoms with E-state index in [0.29, 0.717) is 37.4 Å². The maximum absolute atomic E-state index is 12.5. The molecule has 2 N–H and O–H groups in total. The Labute approximate surface area is 142 Å². The molecule has 6 nitrogen and oxygen atoms in total. The Kier molecular flexibility index (Phi) is 6.61. The molecule has 0 saturated heterocycles. The molecule has 1 amide bonds. The first kappa shape index (κ1) is 18.3. The molecule has 0 bridgehead atoms. The number of carboxylic acids is 1. The van der Waals surface area contributed by atoms with Crippen LogP contribution in [0.3, 0.4) is 0 Å². The van der Waals surface area contributed by atoms with E-state index in [1.54, 1.807) is 31.4 Å². The zero-order chi connectivity index (χ0) is 17.4. The van der Waals surface area contributed by atoms with Gasteiger partial charge in [0.25, 0.3) is 5.91 Å². The molecule has 0 heterocycles. The molecule has 1 aromatic carbocycles. The smallest absolute Gasteiger partial charge is 0.329 e. The third kappa shape index (κ3) is 4.71. The van der Waals surface area contributed by atoms with Crippen molar-refractivity contribution in [3.05, 3.63) is 29.8 Å². The van der Waals surface area contributed by atoms with Gasteiger partial charge in [-0.25, -0.2) is 4.79 Å². The average molecular weight is 335 g/mol. The number of benzene rings is 1. The lowest BCUT2D eigenvalue weighted by Crippen LogP contribution is -2.54. The molecule has 1 saturated carbocycles. The van der Waals surface area contributed by atoms with Gasteiger partial charge in [-0.1, -0.05) is 25.7 Å². The summed E-state index contributed by atoms with van der Waals surface area (Å²) in [6, 6.07) is 6.68. The van der Waals surface area contributed by atoms with E-state index < -0.39 is 11.5 Å². The summed E-state index contributed by atoms with van der Waals surface area (Å²) in [6.45, 7) is 0.924. The van der Waals surface area contributed by atoms with E-state index in [1.807, 2.05) is 0 Å². The Morgan fingerprint density at radius 2 is 1.71 bits per heavy atom. The first-order valence-electron chi connectivity index (χ1n) is 8.35. The highest BCUT2D eigenvalue weighted by molar-refractivity contribution is 5.98. The van der Waals surface area contributed by atoms with Crippen LogP contribution in [-0.4, -0.2) is 42.8 Å². The molecular weight excluding hydrogens is 310 g/mol. The summed E-state index contributed by atoms with van der Waals surface area (Å²) in [5.41, 5.74) is -0.722. The van der Waals surface area contributed by atoms with Gasteiger partial charge in [0.15, 0.2) is 0 Å². The number of carbonyl (C=O) groups is 2. The van der Waals surface area contributed by atoms with Gasteiger partial charge in [-0.3, -0.25) is 4.79 Å². The van der Waals surface area contributed by atoms with Crippen LogP contribution in [0.5, 0.6) is 5.75 Å². The van der Waals surface area contributed by atoms with Crippen molar-refractivity contribution in [1.82, 2.24) is 5.32 Å². The minimum atomic E-state index is -1.15. The second-order valence-corrected chi connectivity index (χ2v) is 6.12. The highest BCUT2D eigenvalue weighted by Gasteiger charge is 2.40. The quantitative estimate of drug-likeness (QED) is 0.591. The number of aliphatic carboxylic acids is 1. The summed E-state index contributed by atoms with van der Waals surface area (Å²) in [5.74, 6) is -0.661. The summed E-state index contributed by atoms with van der Waals surface area (Å²) in [6.07, 6.45) is 4.62. The standard InChI is InChI=1S/C18H25NO5/c1-23-12-13-24-15-8-6-14(7-9-15)16(20)19-18(17(21)22)10-4-2-3-5-11-18/h6-9H,2-5,10-13H2,1H3,(H,19,20)(H,21,22). The number of hydrogen-bond donors (Lipinski definition) is 2. The van der Waals surface area contributed by atoms with Gasteiger partial charge in [-0.2, -0.15) is 0 Å². The van der Waals surface area contributed by atoms with Gasteiger partial charge in [-0.15, -0.1) is 0 Å². The van der Waals surface area contributed by atoms with E-state index in [9.17, 15) is 14.7 Å². The van der Waals surface area contributed by atoms with Gasteiger partial charge in [-0.05, 0) is 37.1 Å². The fourth-order valence-electron chi connectivity index (χ4n) is 2.96. The zero-order valence-electron chi connectivity index (χ0n) is 14.0. The predicted molar refractivity (Wildman–Crippen MR) is 89.3 cm³/mol. The lowest BCUT2D eigenvalue weighted by atomic mass is 9.90. The van der Waals surface area contributed by atoms with E-state index in [2.05, 4.69) is 5.32 Å². The number of carboxylic acid groups (broad SMARTS) is 1. The number of amides is 1. The van der Waals surface area contributed by atoms with Gasteiger partial charge in [0.05, 0.1) is 6.61 Å². The molecule has 0 unspecified atom stereocenters. The molecule has 0 spiro atoms. The third-order valence-corrected chi connectivity index (χ3v) is 4.39. The summed E-state index contributed by atoms with van der Waals surface area (Å²) in [5, 5.41) is 12.4. The zero-order valence-corrected chi connectivity index (χ0v) is 14.0. The van der Waals surface area contributed by atoms with E-state index in [4.69, 9.17) is 9.47 Å². The van der Waals surface area contributed by atoms with Gasteiger partial charge >= 0.3 is 5.97 Å². The molecule has 0 atom stereocenters. The molecule has 24 heavy (non-hydrogen) atoms. The van der Waals surface area contributed by atoms with Crippen molar-refractivity contribution in [3.63, 3.8) is 0 Å². The number of rotatable bonds is 7. The molecule has 132 valence electrons. The van der Waals surface area contributed by atoms with Gasteiger partial charge < -0.3 is 19.9 Å². The second kappa shape index (κ2) is 8.68. The third-order valence-electron chi connectivity index (χ3n) is 4.39. The van der Waals surface area contributed by atoms with Crippen LogP contribution in [0.1, 0.15) is 48.9 Å². The topological polar surface area (TPSA) is 84.9 Å². The molecule has 1 aromatic rings. The molecule has 1 fully saturated rings. The maximum Gasteiger partial charge on any atom is 0.329 e. The Hall–Kier alpha value is -2.08. The molecule has 2 rings (SSSR count). The molecule has 6 heteroatoms. The van der Waals surface area contributed by atoms with Crippen molar-refractivity contribution in [1.29, 1.82) is 0 Å². The van der Waals surface area contributed by atoms with Crippen molar-refractivity contribution in [2.45, 2.75) is 44.1 Å². The van der Waals surface area contributed by atoms with Crippen LogP contribution in [0.4, 0.5) is 0 Å². The van der Waals surface area contributed by atoms with Crippen LogP contribution in [0.2, 0.25) is 0 Å². The van der Waals surface area contributed by atoms with Crippen molar-refractivity contribution in [2.24, 2.45) is 0 Å². The minimum absolute atomic E-state index is 0.359. The van der Waals surface area contributed by atoms with Crippen LogP contribution in [-0.2, 0) is 9.53 Å². The van der Waals surface area contributed by atoms with Gasteiger partial charge in [0.2, 0.25) is 0 Å². The highest BCUT2D eigenvalue weighted by atomic mass is 16.5. The highest BCUT2D eigenvalue weighted by Crippen LogP contribution is 2.28. The molecule has 1 aliphatic carbocycles. The van der Waals surface area contributed by atoms with Gasteiger partial charge in [0.1, 0.15) is 17.9 Å². The van der Waals surface area contributed by atoms with Crippen LogP contribution >= 0.6 is 0 Å². The minimum Gasteiger partial charge on any atom is -0.491 e. The summed E-state index contributed by atoms with van der Waals surface area (Å²) < 4.78 is 10.4. The van der Waals surface area contributed by atoms with Gasteiger partial charge in [0, 0.05) is 12.7 Å². The molecule has 0 aromatic heterocycles. The van der Waals surface area contributed by atoms with Crippen molar-refractivity contribution >= 4 is 11.9 Å². The van der Waals surface area contributed by atoms with Crippen molar-refractivity contribution in [3.8, 4) is 5.75 Å². The van der Waals surface area contributed by atoms with E-state index in [1.165, 1.54) is 0 Å². The fraction of sp³-hybridized carbons (Fsp3) is 0.556. The maximum atomic E-state index is 12.5. The first-order valence-corrected chi connectivity index (χ1v) is 8.35. The summed E-state index contributed by atoms with van der Waals surface area (Å²) in [7, 11) is 1.60. The number of methoxy groups -OCH3 is 1. The molecule has 0 radical (unpaired) electrons. The molecule has 0 aliphatic heterocycles. The number of carbonyl (C=O) groups excluding carboxylic acids is 1. The lowest BCUT2D eigenvalue weighted by molar-refractivity contribution is -0.145. The predicted octanol–water partition coefficient (Wildman–Crippen LogP) is 2.62. The second-order valence-electron chi connectivity index (χ2n) is 6.12. The first-order chi connectivity index (χ1) is 11.6. The monoisotopic (exact) mass is 335 g/mol. The average Bonchev–Trinajstić information content (AvgIpc) is 2.82. The van der Waals surface area contributed by atoms with E-state index in [0.717, 1.165) is 25.7 Å². The number of hydrogen-bond acceptors (Lipinski definition) is 4. The van der Waals surface area contributed by atoms with Crippen LogP contribution in [0.15, 0.2) is 24.3 Å². The lowest BCUT2D eigenvalue weighted by Gasteiger charge is -2.29. The van der Waals surface area contributed by atoms with E-state index >= 15 is 0 Å². The van der Waals surface area contributed by atoms with E-state index in [-0.39, 0.29) is 5.91 Å². The molecule has 1 aliphatic rings. The molecular formula is C18H25NO5. The van der Waals surface area contributed by atoms with Crippen LogP contribution in [0, 0.1) is 0 Å². The Morgan fingerprint density at radius 3 is 2.25 bits per heavy atom. The Morgan fingerprint density at radius 1 is 1.08 bits per heavy atom. The summed E-state index contributed by atoms with van der Waals surface area (Å²) in [4.78, 5) is 24.2. The SMILES string of the molecule is COCCOc1ccc(C(=O)NC2(C(=O)O)CCCCCC2)cc1.